The van der Waals surface area contributed by atoms with Crippen molar-refractivity contribution in [1.29, 1.82) is 0 Å². The molecule has 1 unspecified atom stereocenters. The molecule has 6 nitrogen and oxygen atoms in total. The van der Waals surface area contributed by atoms with Crippen LogP contribution in [0.15, 0.2) is 0 Å². The van der Waals surface area contributed by atoms with Crippen LogP contribution in [-0.2, 0) is 19.7 Å². The zero-order valence-corrected chi connectivity index (χ0v) is 12.6. The van der Waals surface area contributed by atoms with Crippen molar-refractivity contribution in [2.24, 2.45) is 5.73 Å². The maximum absolute atomic E-state index is 11.7. The minimum absolute atomic E-state index is 0.0191. The molecule has 0 aromatic carbocycles. The van der Waals surface area contributed by atoms with Crippen LogP contribution in [0.4, 0.5) is 0 Å². The summed E-state index contributed by atoms with van der Waals surface area (Å²) in [6, 6.07) is 0. The van der Waals surface area contributed by atoms with Crippen molar-refractivity contribution in [2.75, 3.05) is 43.7 Å². The average Bonchev–Trinajstić information content (AvgIpc) is 2.23. The van der Waals surface area contributed by atoms with E-state index in [9.17, 15) is 16.8 Å². The molecule has 18 heavy (non-hydrogen) atoms. The summed E-state index contributed by atoms with van der Waals surface area (Å²) in [5.74, 6) is 0.247. The van der Waals surface area contributed by atoms with Gasteiger partial charge in [-0.15, -0.1) is 0 Å². The average molecular weight is 298 g/mol. The Kier molecular flexibility index (Phi) is 4.80. The molecule has 1 atom stereocenters. The second-order valence-corrected chi connectivity index (χ2v) is 9.62. The summed E-state index contributed by atoms with van der Waals surface area (Å²) in [7, 11) is -4.38. The van der Waals surface area contributed by atoms with Crippen LogP contribution in [0.3, 0.4) is 0 Å². The highest BCUT2D eigenvalue weighted by Gasteiger charge is 2.41. The van der Waals surface area contributed by atoms with Gasteiger partial charge in [0, 0.05) is 24.9 Å². The largest absolute Gasteiger partial charge is 0.329 e. The van der Waals surface area contributed by atoms with Crippen molar-refractivity contribution in [2.45, 2.75) is 18.4 Å². The standard InChI is InChI=1S/C10H22N2O4S2/c1-12(5-7-17(2,13)14)10(8-11)4-3-6-18(15,16)9-10/h3-9,11H2,1-2H3. The molecule has 108 valence electrons. The lowest BCUT2D eigenvalue weighted by molar-refractivity contribution is 0.140. The fourth-order valence-electron chi connectivity index (χ4n) is 2.33. The first-order valence-electron chi connectivity index (χ1n) is 5.90. The molecule has 0 amide bonds. The third-order valence-corrected chi connectivity index (χ3v) is 6.39. The van der Waals surface area contributed by atoms with Crippen LogP contribution in [0.25, 0.3) is 0 Å². The molecular weight excluding hydrogens is 276 g/mol. The van der Waals surface area contributed by atoms with E-state index in [1.807, 2.05) is 0 Å². The Morgan fingerprint density at radius 3 is 2.44 bits per heavy atom. The second kappa shape index (κ2) is 5.44. The van der Waals surface area contributed by atoms with Gasteiger partial charge in [0.15, 0.2) is 9.84 Å². The van der Waals surface area contributed by atoms with Gasteiger partial charge in [0.05, 0.1) is 17.3 Å². The number of sulfone groups is 2. The minimum Gasteiger partial charge on any atom is -0.329 e. The Labute approximate surface area is 109 Å². The van der Waals surface area contributed by atoms with Crippen molar-refractivity contribution >= 4 is 19.7 Å². The van der Waals surface area contributed by atoms with Gasteiger partial charge in [0.25, 0.3) is 0 Å². The molecular formula is C10H22N2O4S2. The molecule has 1 heterocycles. The molecule has 0 aromatic rings. The van der Waals surface area contributed by atoms with Gasteiger partial charge >= 0.3 is 0 Å². The van der Waals surface area contributed by atoms with E-state index in [4.69, 9.17) is 5.73 Å². The molecule has 1 saturated heterocycles. The molecule has 0 aliphatic carbocycles. The van der Waals surface area contributed by atoms with E-state index in [1.54, 1.807) is 11.9 Å². The van der Waals surface area contributed by atoms with Crippen LogP contribution in [0.2, 0.25) is 0 Å². The molecule has 1 fully saturated rings. The van der Waals surface area contributed by atoms with Crippen LogP contribution in [-0.4, -0.2) is 70.9 Å². The van der Waals surface area contributed by atoms with Gasteiger partial charge in [-0.25, -0.2) is 16.8 Å². The predicted octanol–water partition coefficient (Wildman–Crippen LogP) is -1.13. The van der Waals surface area contributed by atoms with Crippen LogP contribution >= 0.6 is 0 Å². The van der Waals surface area contributed by atoms with Crippen molar-refractivity contribution in [3.8, 4) is 0 Å². The van der Waals surface area contributed by atoms with Crippen molar-refractivity contribution in [3.63, 3.8) is 0 Å². The summed E-state index contributed by atoms with van der Waals surface area (Å²) in [5, 5.41) is 0. The molecule has 0 spiro atoms. The maximum Gasteiger partial charge on any atom is 0.152 e. The fourth-order valence-corrected chi connectivity index (χ4v) is 4.97. The van der Waals surface area contributed by atoms with E-state index in [-0.39, 0.29) is 23.8 Å². The van der Waals surface area contributed by atoms with Gasteiger partial charge in [-0.1, -0.05) is 0 Å². The number of hydrogen-bond acceptors (Lipinski definition) is 6. The summed E-state index contributed by atoms with van der Waals surface area (Å²) in [5.41, 5.74) is 5.13. The highest BCUT2D eigenvalue weighted by Crippen LogP contribution is 2.27. The quantitative estimate of drug-likeness (QED) is 0.690. The summed E-state index contributed by atoms with van der Waals surface area (Å²) in [4.78, 5) is 1.80. The molecule has 8 heteroatoms. The first-order valence-corrected chi connectivity index (χ1v) is 9.78. The van der Waals surface area contributed by atoms with Gasteiger partial charge in [0.2, 0.25) is 0 Å². The van der Waals surface area contributed by atoms with E-state index in [0.29, 0.717) is 19.4 Å². The molecule has 0 saturated carbocycles. The first kappa shape index (κ1) is 15.9. The lowest BCUT2D eigenvalue weighted by Gasteiger charge is -2.43. The van der Waals surface area contributed by atoms with Crippen LogP contribution in [0, 0.1) is 0 Å². The number of nitrogens with two attached hydrogens (primary N) is 1. The van der Waals surface area contributed by atoms with Crippen molar-refractivity contribution < 1.29 is 16.8 Å². The lowest BCUT2D eigenvalue weighted by atomic mass is 9.94. The smallest absolute Gasteiger partial charge is 0.152 e. The first-order chi connectivity index (χ1) is 8.10. The normalized spacial score (nSPS) is 28.4. The Balaban J connectivity index is 2.81. The van der Waals surface area contributed by atoms with E-state index >= 15 is 0 Å². The Morgan fingerprint density at radius 2 is 2.00 bits per heavy atom. The van der Waals surface area contributed by atoms with Crippen LogP contribution in [0.1, 0.15) is 12.8 Å². The molecule has 0 radical (unpaired) electrons. The third-order valence-electron chi connectivity index (χ3n) is 3.57. The summed E-state index contributed by atoms with van der Waals surface area (Å²) in [6.45, 7) is 0.540. The molecule has 1 aliphatic heterocycles. The maximum atomic E-state index is 11.7. The molecule has 0 aromatic heterocycles. The number of rotatable bonds is 5. The molecule has 2 N–H and O–H groups in total. The molecule has 1 rings (SSSR count). The van der Waals surface area contributed by atoms with Gasteiger partial charge in [-0.3, -0.25) is 4.90 Å². The predicted molar refractivity (Wildman–Crippen MR) is 72.0 cm³/mol. The number of nitrogens with zero attached hydrogens (tertiary/aromatic N) is 1. The van der Waals surface area contributed by atoms with Gasteiger partial charge in [-0.05, 0) is 19.9 Å². The van der Waals surface area contributed by atoms with Crippen LogP contribution < -0.4 is 5.73 Å². The Bertz CT molecular complexity index is 486. The highest BCUT2D eigenvalue weighted by atomic mass is 32.2. The van der Waals surface area contributed by atoms with E-state index in [1.165, 1.54) is 6.26 Å². The number of hydrogen-bond donors (Lipinski definition) is 1. The zero-order valence-electron chi connectivity index (χ0n) is 10.9. The highest BCUT2D eigenvalue weighted by molar-refractivity contribution is 7.91. The van der Waals surface area contributed by atoms with E-state index in [0.717, 1.165) is 0 Å². The summed E-state index contributed by atoms with van der Waals surface area (Å²) in [6.07, 6.45) is 2.46. The second-order valence-electron chi connectivity index (χ2n) is 5.18. The van der Waals surface area contributed by atoms with Gasteiger partial charge in [0.1, 0.15) is 9.84 Å². The summed E-state index contributed by atoms with van der Waals surface area (Å²) < 4.78 is 45.8. The van der Waals surface area contributed by atoms with Gasteiger partial charge < -0.3 is 5.73 Å². The van der Waals surface area contributed by atoms with E-state index in [2.05, 4.69) is 0 Å². The van der Waals surface area contributed by atoms with Crippen LogP contribution in [0.5, 0.6) is 0 Å². The molecule has 1 aliphatic rings. The molecule has 0 bridgehead atoms. The monoisotopic (exact) mass is 298 g/mol. The van der Waals surface area contributed by atoms with Crippen molar-refractivity contribution in [1.82, 2.24) is 4.90 Å². The van der Waals surface area contributed by atoms with Crippen molar-refractivity contribution in [3.05, 3.63) is 0 Å². The van der Waals surface area contributed by atoms with Gasteiger partial charge in [-0.2, -0.15) is 0 Å². The third kappa shape index (κ3) is 4.18. The Hall–Kier alpha value is -0.180. The lowest BCUT2D eigenvalue weighted by Crippen LogP contribution is -2.59. The topological polar surface area (TPSA) is 97.5 Å². The Morgan fingerprint density at radius 1 is 1.39 bits per heavy atom. The number of likely N-dealkylation sites (N-methyl/N-ethyl adjacent to an activating group) is 1. The zero-order chi connectivity index (χ0) is 14.0. The van der Waals surface area contributed by atoms with E-state index < -0.39 is 25.2 Å². The SMILES string of the molecule is CN(CCS(C)(=O)=O)C1(CN)CCCS(=O)(=O)C1. The minimum atomic E-state index is -3.07. The summed E-state index contributed by atoms with van der Waals surface area (Å²) >= 11 is 0. The fraction of sp³-hybridized carbons (Fsp3) is 1.00.